The quantitative estimate of drug-likeness (QED) is 0.715. The Morgan fingerprint density at radius 1 is 1.04 bits per heavy atom. The van der Waals surface area contributed by atoms with Gasteiger partial charge in [0, 0.05) is 18.3 Å². The zero-order valence-corrected chi connectivity index (χ0v) is 13.2. The van der Waals surface area contributed by atoms with Crippen LogP contribution in [0.1, 0.15) is 11.4 Å². The number of hydrogen-bond donors (Lipinski definition) is 1. The molecular weight excluding hydrogens is 336 g/mol. The first-order chi connectivity index (χ1) is 11.9. The molecule has 1 aromatic heterocycles. The van der Waals surface area contributed by atoms with E-state index in [0.29, 0.717) is 11.6 Å². The van der Waals surface area contributed by atoms with E-state index in [1.54, 1.807) is 11.6 Å². The summed E-state index contributed by atoms with van der Waals surface area (Å²) in [5, 5.41) is 11.0. The smallest absolute Gasteiger partial charge is 0.378 e. The second-order valence-electron chi connectivity index (χ2n) is 5.41. The molecule has 0 spiro atoms. The number of anilines is 1. The van der Waals surface area contributed by atoms with Gasteiger partial charge in [-0.15, -0.1) is 10.2 Å². The van der Waals surface area contributed by atoms with Gasteiger partial charge in [-0.05, 0) is 18.2 Å². The minimum absolute atomic E-state index is 0.151. The van der Waals surface area contributed by atoms with E-state index in [4.69, 9.17) is 0 Å². The van der Waals surface area contributed by atoms with Crippen molar-refractivity contribution < 1.29 is 17.6 Å². The van der Waals surface area contributed by atoms with Crippen molar-refractivity contribution in [3.63, 3.8) is 0 Å². The Morgan fingerprint density at radius 3 is 2.44 bits per heavy atom. The predicted octanol–water partition coefficient (Wildman–Crippen LogP) is 4.25. The maximum absolute atomic E-state index is 13.3. The third-order valence-electron chi connectivity index (χ3n) is 3.72. The highest BCUT2D eigenvalue weighted by Gasteiger charge is 2.34. The highest BCUT2D eigenvalue weighted by atomic mass is 19.4. The summed E-state index contributed by atoms with van der Waals surface area (Å²) in [7, 11) is 1.77. The Kier molecular flexibility index (Phi) is 4.43. The van der Waals surface area contributed by atoms with Gasteiger partial charge < -0.3 is 9.88 Å². The summed E-state index contributed by atoms with van der Waals surface area (Å²) >= 11 is 0. The van der Waals surface area contributed by atoms with Crippen LogP contribution in [-0.4, -0.2) is 14.8 Å². The lowest BCUT2D eigenvalue weighted by atomic mass is 10.2. The summed E-state index contributed by atoms with van der Waals surface area (Å²) in [4.78, 5) is 0. The van der Waals surface area contributed by atoms with Crippen LogP contribution in [0.3, 0.4) is 0 Å². The highest BCUT2D eigenvalue weighted by molar-refractivity contribution is 5.55. The molecule has 0 unspecified atom stereocenters. The first kappa shape index (κ1) is 16.9. The van der Waals surface area contributed by atoms with Crippen LogP contribution in [-0.2, 0) is 19.8 Å². The minimum atomic E-state index is -4.74. The molecule has 0 fully saturated rings. The molecule has 0 radical (unpaired) electrons. The lowest BCUT2D eigenvalue weighted by molar-refractivity contribution is -0.139. The van der Waals surface area contributed by atoms with Crippen molar-refractivity contribution in [3.05, 3.63) is 65.7 Å². The van der Waals surface area contributed by atoms with Crippen molar-refractivity contribution in [3.8, 4) is 11.4 Å². The lowest BCUT2D eigenvalue weighted by Gasteiger charge is -2.11. The van der Waals surface area contributed by atoms with Gasteiger partial charge >= 0.3 is 6.18 Å². The van der Waals surface area contributed by atoms with Crippen molar-refractivity contribution in [1.82, 2.24) is 14.8 Å². The average molecular weight is 350 g/mol. The first-order valence-corrected chi connectivity index (χ1v) is 7.40. The Balaban J connectivity index is 1.78. The van der Waals surface area contributed by atoms with Crippen LogP contribution in [0.5, 0.6) is 0 Å². The van der Waals surface area contributed by atoms with Gasteiger partial charge in [0.05, 0.1) is 12.1 Å². The van der Waals surface area contributed by atoms with Crippen LogP contribution in [0, 0.1) is 5.82 Å². The van der Waals surface area contributed by atoms with Gasteiger partial charge in [0.2, 0.25) is 0 Å². The molecule has 0 saturated carbocycles. The second kappa shape index (κ2) is 6.54. The Bertz CT molecular complexity index is 872. The molecule has 4 nitrogen and oxygen atoms in total. The van der Waals surface area contributed by atoms with Crippen molar-refractivity contribution in [1.29, 1.82) is 0 Å². The van der Waals surface area contributed by atoms with Gasteiger partial charge in [-0.2, -0.15) is 13.2 Å². The fraction of sp³-hybridized carbons (Fsp3) is 0.176. The van der Waals surface area contributed by atoms with Gasteiger partial charge in [-0.25, -0.2) is 4.39 Å². The molecule has 3 rings (SSSR count). The summed E-state index contributed by atoms with van der Waals surface area (Å²) < 4.78 is 53.3. The molecule has 0 aliphatic heterocycles. The summed E-state index contributed by atoms with van der Waals surface area (Å²) in [5.41, 5.74) is -0.275. The Labute approximate surface area is 141 Å². The number of nitrogens with one attached hydrogen (secondary N) is 1. The molecule has 0 aliphatic rings. The zero-order valence-electron chi connectivity index (χ0n) is 13.2. The summed E-state index contributed by atoms with van der Waals surface area (Å²) in [5.74, 6) is -0.118. The van der Waals surface area contributed by atoms with E-state index in [0.717, 1.165) is 17.7 Å². The van der Waals surface area contributed by atoms with Crippen LogP contribution in [0.2, 0.25) is 0 Å². The fourth-order valence-corrected chi connectivity index (χ4v) is 2.39. The maximum atomic E-state index is 13.3. The van der Waals surface area contributed by atoms with Crippen LogP contribution in [0.25, 0.3) is 11.4 Å². The van der Waals surface area contributed by atoms with Gasteiger partial charge in [0.1, 0.15) is 5.82 Å². The Morgan fingerprint density at radius 2 is 1.76 bits per heavy atom. The number of aromatic nitrogens is 3. The third kappa shape index (κ3) is 3.62. The molecule has 1 heterocycles. The van der Waals surface area contributed by atoms with Crippen molar-refractivity contribution >= 4 is 5.69 Å². The molecule has 0 aliphatic carbocycles. The number of hydrogen-bond acceptors (Lipinski definition) is 3. The van der Waals surface area contributed by atoms with Crippen LogP contribution < -0.4 is 5.32 Å². The van der Waals surface area contributed by atoms with Crippen LogP contribution >= 0.6 is 0 Å². The van der Waals surface area contributed by atoms with E-state index in [-0.39, 0.29) is 12.2 Å². The zero-order chi connectivity index (χ0) is 18.0. The molecule has 0 atom stereocenters. The molecule has 0 amide bonds. The second-order valence-corrected chi connectivity index (χ2v) is 5.41. The maximum Gasteiger partial charge on any atom is 0.419 e. The number of halogens is 4. The Hall–Kier alpha value is -2.90. The molecule has 25 heavy (non-hydrogen) atoms. The molecule has 3 aromatic rings. The topological polar surface area (TPSA) is 42.7 Å². The fourth-order valence-electron chi connectivity index (χ4n) is 2.39. The van der Waals surface area contributed by atoms with E-state index in [1.165, 1.54) is 6.07 Å². The van der Waals surface area contributed by atoms with Gasteiger partial charge in [0.25, 0.3) is 0 Å². The van der Waals surface area contributed by atoms with E-state index >= 15 is 0 Å². The third-order valence-corrected chi connectivity index (χ3v) is 3.72. The average Bonchev–Trinajstić information content (AvgIpc) is 2.94. The van der Waals surface area contributed by atoms with Gasteiger partial charge in [-0.3, -0.25) is 0 Å². The van der Waals surface area contributed by atoms with Crippen molar-refractivity contribution in [2.75, 3.05) is 5.32 Å². The number of nitrogens with zero attached hydrogens (tertiary/aromatic N) is 3. The summed E-state index contributed by atoms with van der Waals surface area (Å²) in [6.45, 7) is 0.152. The van der Waals surface area contributed by atoms with Gasteiger partial charge in [0.15, 0.2) is 11.6 Å². The predicted molar refractivity (Wildman–Crippen MR) is 85.2 cm³/mol. The standard InChI is InChI=1S/C17H14F4N4/c1-25-15(23-24-16(25)11-5-3-2-4-6-11)10-22-12-7-8-14(18)13(9-12)17(19,20)21/h2-9,22H,10H2,1H3. The highest BCUT2D eigenvalue weighted by Crippen LogP contribution is 2.33. The number of benzene rings is 2. The molecular formula is C17H14F4N4. The lowest BCUT2D eigenvalue weighted by Crippen LogP contribution is -2.10. The van der Waals surface area contributed by atoms with Gasteiger partial charge in [-0.1, -0.05) is 30.3 Å². The molecule has 8 heteroatoms. The minimum Gasteiger partial charge on any atom is -0.378 e. The van der Waals surface area contributed by atoms with E-state index in [2.05, 4.69) is 15.5 Å². The molecule has 130 valence electrons. The SMILES string of the molecule is Cn1c(CNc2ccc(F)c(C(F)(F)F)c2)nnc1-c1ccccc1. The first-order valence-electron chi connectivity index (χ1n) is 7.40. The van der Waals surface area contributed by atoms with Crippen LogP contribution in [0.15, 0.2) is 48.5 Å². The molecule has 1 N–H and O–H groups in total. The number of alkyl halides is 3. The van der Waals surface area contributed by atoms with E-state index in [1.807, 2.05) is 30.3 Å². The monoisotopic (exact) mass is 350 g/mol. The van der Waals surface area contributed by atoms with Crippen LogP contribution in [0.4, 0.5) is 23.2 Å². The largest absolute Gasteiger partial charge is 0.419 e. The molecule has 0 saturated heterocycles. The molecule has 2 aromatic carbocycles. The van der Waals surface area contributed by atoms with Crippen molar-refractivity contribution in [2.45, 2.75) is 12.7 Å². The summed E-state index contributed by atoms with van der Waals surface area (Å²) in [6.07, 6.45) is -4.74. The summed E-state index contributed by atoms with van der Waals surface area (Å²) in [6, 6.07) is 12.2. The van der Waals surface area contributed by atoms with E-state index < -0.39 is 17.6 Å². The normalized spacial score (nSPS) is 11.6. The van der Waals surface area contributed by atoms with E-state index in [9.17, 15) is 17.6 Å². The molecule has 0 bridgehead atoms. The van der Waals surface area contributed by atoms with Crippen molar-refractivity contribution in [2.24, 2.45) is 7.05 Å². The number of rotatable bonds is 4.